The van der Waals surface area contributed by atoms with Crippen molar-refractivity contribution in [1.82, 2.24) is 4.98 Å². The molecule has 0 aromatic carbocycles. The summed E-state index contributed by atoms with van der Waals surface area (Å²) in [7, 11) is 0. The zero-order valence-electron chi connectivity index (χ0n) is 8.60. The lowest BCUT2D eigenvalue weighted by molar-refractivity contribution is -0.123. The number of hydrogen-bond acceptors (Lipinski definition) is 3. The maximum Gasteiger partial charge on any atom is 0.231 e. The van der Waals surface area contributed by atoms with Gasteiger partial charge in [0.15, 0.2) is 5.82 Å². The number of aromatic nitrogens is 1. The first-order valence-electron chi connectivity index (χ1n) is 4.71. The van der Waals surface area contributed by atoms with E-state index in [0.29, 0.717) is 23.2 Å². The Morgan fingerprint density at radius 2 is 2.20 bits per heavy atom. The SMILES string of the molecule is CC1(C)CNc2nc(Cl)ccc2NC1=O. The second-order valence-electron chi connectivity index (χ2n) is 4.22. The fourth-order valence-electron chi connectivity index (χ4n) is 1.35. The molecule has 2 rings (SSSR count). The van der Waals surface area contributed by atoms with E-state index in [1.807, 2.05) is 13.8 Å². The minimum atomic E-state index is -0.451. The van der Waals surface area contributed by atoms with Crippen molar-refractivity contribution in [1.29, 1.82) is 0 Å². The van der Waals surface area contributed by atoms with Crippen molar-refractivity contribution in [2.24, 2.45) is 5.41 Å². The molecule has 1 aliphatic rings. The number of hydrogen-bond donors (Lipinski definition) is 2. The molecule has 1 amide bonds. The molecule has 4 nitrogen and oxygen atoms in total. The van der Waals surface area contributed by atoms with E-state index >= 15 is 0 Å². The van der Waals surface area contributed by atoms with Gasteiger partial charge in [0.05, 0.1) is 11.1 Å². The first kappa shape index (κ1) is 10.2. The first-order valence-corrected chi connectivity index (χ1v) is 5.09. The van der Waals surface area contributed by atoms with E-state index in [0.717, 1.165) is 0 Å². The van der Waals surface area contributed by atoms with Gasteiger partial charge < -0.3 is 10.6 Å². The lowest BCUT2D eigenvalue weighted by Crippen LogP contribution is -2.34. The average molecular weight is 226 g/mol. The van der Waals surface area contributed by atoms with Gasteiger partial charge in [-0.3, -0.25) is 4.79 Å². The van der Waals surface area contributed by atoms with E-state index < -0.39 is 5.41 Å². The highest BCUT2D eigenvalue weighted by atomic mass is 35.5. The molecule has 0 unspecified atom stereocenters. The third-order valence-electron chi connectivity index (χ3n) is 2.42. The van der Waals surface area contributed by atoms with Crippen LogP contribution in [0.2, 0.25) is 5.15 Å². The van der Waals surface area contributed by atoms with Crippen molar-refractivity contribution in [3.8, 4) is 0 Å². The Balaban J connectivity index is 2.40. The number of carbonyl (C=O) groups excluding carboxylic acids is 1. The molecular weight excluding hydrogens is 214 g/mol. The van der Waals surface area contributed by atoms with Gasteiger partial charge in [0, 0.05) is 6.54 Å². The number of nitrogens with zero attached hydrogens (tertiary/aromatic N) is 1. The van der Waals surface area contributed by atoms with E-state index in [-0.39, 0.29) is 5.91 Å². The predicted octanol–water partition coefficient (Wildman–Crippen LogP) is 2.13. The molecule has 1 aromatic heterocycles. The quantitative estimate of drug-likeness (QED) is 0.665. The van der Waals surface area contributed by atoms with Crippen LogP contribution < -0.4 is 10.6 Å². The standard InChI is InChI=1S/C10H12ClN3O/c1-10(2)5-12-8-6(13-9(10)15)3-4-7(11)14-8/h3-4H,5H2,1-2H3,(H,12,14)(H,13,15). The van der Waals surface area contributed by atoms with Gasteiger partial charge in [-0.1, -0.05) is 11.6 Å². The normalized spacial score (nSPS) is 18.5. The van der Waals surface area contributed by atoms with Gasteiger partial charge in [0.2, 0.25) is 5.91 Å². The molecule has 5 heteroatoms. The number of nitrogens with one attached hydrogen (secondary N) is 2. The molecule has 0 saturated carbocycles. The molecule has 80 valence electrons. The van der Waals surface area contributed by atoms with Crippen molar-refractivity contribution < 1.29 is 4.79 Å². The molecular formula is C10H12ClN3O. The van der Waals surface area contributed by atoms with E-state index in [9.17, 15) is 4.79 Å². The Labute approximate surface area is 93.0 Å². The Bertz CT molecular complexity index is 417. The number of carbonyl (C=O) groups is 1. The van der Waals surface area contributed by atoms with E-state index in [1.165, 1.54) is 0 Å². The number of rotatable bonds is 0. The van der Waals surface area contributed by atoms with Crippen LogP contribution in [0, 0.1) is 5.41 Å². The smallest absolute Gasteiger partial charge is 0.231 e. The molecule has 0 fully saturated rings. The van der Waals surface area contributed by atoms with Crippen molar-refractivity contribution in [3.05, 3.63) is 17.3 Å². The monoisotopic (exact) mass is 225 g/mol. The molecule has 0 spiro atoms. The fraction of sp³-hybridized carbons (Fsp3) is 0.400. The van der Waals surface area contributed by atoms with Gasteiger partial charge in [-0.2, -0.15) is 0 Å². The molecule has 2 N–H and O–H groups in total. The largest absolute Gasteiger partial charge is 0.367 e. The second kappa shape index (κ2) is 3.38. The minimum absolute atomic E-state index is 0.0159. The molecule has 0 atom stereocenters. The van der Waals surface area contributed by atoms with Crippen LogP contribution in [0.3, 0.4) is 0 Å². The van der Waals surface area contributed by atoms with Crippen LogP contribution >= 0.6 is 11.6 Å². The third-order valence-corrected chi connectivity index (χ3v) is 2.63. The van der Waals surface area contributed by atoms with Crippen LogP contribution in [0.4, 0.5) is 11.5 Å². The van der Waals surface area contributed by atoms with Gasteiger partial charge >= 0.3 is 0 Å². The van der Waals surface area contributed by atoms with Gasteiger partial charge in [-0.05, 0) is 26.0 Å². The van der Waals surface area contributed by atoms with E-state index in [2.05, 4.69) is 15.6 Å². The number of halogens is 1. The maximum atomic E-state index is 11.8. The summed E-state index contributed by atoms with van der Waals surface area (Å²) in [6.45, 7) is 4.30. The van der Waals surface area contributed by atoms with Crippen molar-refractivity contribution in [3.63, 3.8) is 0 Å². The summed E-state index contributed by atoms with van der Waals surface area (Å²) in [4.78, 5) is 15.9. The lowest BCUT2D eigenvalue weighted by atomic mass is 9.93. The zero-order valence-corrected chi connectivity index (χ0v) is 9.35. The number of pyridine rings is 1. The first-order chi connectivity index (χ1) is 6.99. The molecule has 2 heterocycles. The second-order valence-corrected chi connectivity index (χ2v) is 4.61. The molecule has 0 saturated heterocycles. The number of amides is 1. The maximum absolute atomic E-state index is 11.8. The predicted molar refractivity (Wildman–Crippen MR) is 60.1 cm³/mol. The molecule has 0 bridgehead atoms. The highest BCUT2D eigenvalue weighted by Crippen LogP contribution is 2.29. The molecule has 0 radical (unpaired) electrons. The Morgan fingerprint density at radius 1 is 1.47 bits per heavy atom. The van der Waals surface area contributed by atoms with Crippen LogP contribution in [-0.2, 0) is 4.79 Å². The zero-order chi connectivity index (χ0) is 11.1. The summed E-state index contributed by atoms with van der Waals surface area (Å²) in [6.07, 6.45) is 0. The molecule has 1 aromatic rings. The van der Waals surface area contributed by atoms with Gasteiger partial charge in [0.1, 0.15) is 5.15 Å². The van der Waals surface area contributed by atoms with Gasteiger partial charge in [-0.25, -0.2) is 4.98 Å². The molecule has 0 aliphatic carbocycles. The van der Waals surface area contributed by atoms with Crippen LogP contribution in [0.15, 0.2) is 12.1 Å². The highest BCUT2D eigenvalue weighted by molar-refractivity contribution is 6.29. The van der Waals surface area contributed by atoms with Crippen molar-refractivity contribution in [2.75, 3.05) is 17.2 Å². The number of fused-ring (bicyclic) bond motifs is 1. The summed E-state index contributed by atoms with van der Waals surface area (Å²) in [5, 5.41) is 6.34. The third kappa shape index (κ3) is 1.90. The van der Waals surface area contributed by atoms with Crippen molar-refractivity contribution in [2.45, 2.75) is 13.8 Å². The fourth-order valence-corrected chi connectivity index (χ4v) is 1.49. The van der Waals surface area contributed by atoms with Crippen molar-refractivity contribution >= 4 is 29.0 Å². The van der Waals surface area contributed by atoms with E-state index in [1.54, 1.807) is 12.1 Å². The van der Waals surface area contributed by atoms with Gasteiger partial charge in [-0.15, -0.1) is 0 Å². The lowest BCUT2D eigenvalue weighted by Gasteiger charge is -2.19. The summed E-state index contributed by atoms with van der Waals surface area (Å²) in [5.74, 6) is 0.610. The summed E-state index contributed by atoms with van der Waals surface area (Å²) in [6, 6.07) is 3.40. The minimum Gasteiger partial charge on any atom is -0.367 e. The van der Waals surface area contributed by atoms with E-state index in [4.69, 9.17) is 11.6 Å². The van der Waals surface area contributed by atoms with Crippen LogP contribution in [0.1, 0.15) is 13.8 Å². The summed E-state index contributed by atoms with van der Waals surface area (Å²) in [5.41, 5.74) is 0.225. The Morgan fingerprint density at radius 3 is 2.93 bits per heavy atom. The Hall–Kier alpha value is -1.29. The van der Waals surface area contributed by atoms with Gasteiger partial charge in [0.25, 0.3) is 0 Å². The van der Waals surface area contributed by atoms with Crippen LogP contribution in [0.25, 0.3) is 0 Å². The average Bonchev–Trinajstić information content (AvgIpc) is 2.27. The summed E-state index contributed by atoms with van der Waals surface area (Å²) >= 11 is 5.77. The van der Waals surface area contributed by atoms with Crippen LogP contribution in [-0.4, -0.2) is 17.4 Å². The highest BCUT2D eigenvalue weighted by Gasteiger charge is 2.31. The molecule has 1 aliphatic heterocycles. The number of anilines is 2. The Kier molecular flexibility index (Phi) is 2.31. The topological polar surface area (TPSA) is 54.0 Å². The summed E-state index contributed by atoms with van der Waals surface area (Å²) < 4.78 is 0. The molecule has 15 heavy (non-hydrogen) atoms. The van der Waals surface area contributed by atoms with Crippen LogP contribution in [0.5, 0.6) is 0 Å².